The molecule has 26 heavy (non-hydrogen) atoms. The van der Waals surface area contributed by atoms with Gasteiger partial charge in [0.05, 0.1) is 7.11 Å². The highest BCUT2D eigenvalue weighted by molar-refractivity contribution is 6.30. The number of rotatable bonds is 5. The molecule has 0 radical (unpaired) electrons. The number of hydrogen-bond donors (Lipinski definition) is 0. The molecule has 0 atom stereocenters. The van der Waals surface area contributed by atoms with E-state index in [1.54, 1.807) is 25.3 Å². The van der Waals surface area contributed by atoms with Crippen molar-refractivity contribution in [2.45, 2.75) is 19.4 Å². The molecule has 1 saturated heterocycles. The highest BCUT2D eigenvalue weighted by atomic mass is 35.5. The van der Waals surface area contributed by atoms with Gasteiger partial charge in [0, 0.05) is 23.7 Å². The Labute approximate surface area is 159 Å². The Morgan fingerprint density at radius 1 is 1.12 bits per heavy atom. The van der Waals surface area contributed by atoms with Crippen molar-refractivity contribution in [2.24, 2.45) is 0 Å². The van der Waals surface area contributed by atoms with Gasteiger partial charge >= 0.3 is 0 Å². The summed E-state index contributed by atoms with van der Waals surface area (Å²) in [7, 11) is 1.57. The van der Waals surface area contributed by atoms with Gasteiger partial charge in [-0.1, -0.05) is 35.9 Å². The fraction of sp³-hybridized carbons (Fsp3) is 0.286. The summed E-state index contributed by atoms with van der Waals surface area (Å²) in [5.74, 6) is 1.16. The van der Waals surface area contributed by atoms with Crippen molar-refractivity contribution >= 4 is 17.5 Å². The molecule has 1 amide bonds. The van der Waals surface area contributed by atoms with Gasteiger partial charge < -0.3 is 14.4 Å². The lowest BCUT2D eigenvalue weighted by Crippen LogP contribution is -2.36. The maximum atomic E-state index is 12.7. The third-order valence-electron chi connectivity index (χ3n) is 4.48. The maximum absolute atomic E-state index is 12.7. The van der Waals surface area contributed by atoms with Gasteiger partial charge in [-0.15, -0.1) is 0 Å². The minimum absolute atomic E-state index is 0.0139. The Morgan fingerprint density at radius 2 is 1.81 bits per heavy atom. The smallest absolute Gasteiger partial charge is 0.254 e. The summed E-state index contributed by atoms with van der Waals surface area (Å²) < 4.78 is 11.3. The second-order valence-electron chi connectivity index (χ2n) is 6.32. The number of halogens is 1. The van der Waals surface area contributed by atoms with Crippen molar-refractivity contribution in [3.05, 3.63) is 70.8 Å². The van der Waals surface area contributed by atoms with Crippen LogP contribution in [0.25, 0.3) is 0 Å². The standard InChI is InChI=1S/C21H22ClNO3/c1-15-9-11-23(12-10-15)21(24)17-5-8-19(20(13-17)25-2)26-14-16-3-6-18(22)7-4-16/h3-8,13H,1,9-12,14H2,2H3. The van der Waals surface area contributed by atoms with Gasteiger partial charge in [-0.3, -0.25) is 4.79 Å². The lowest BCUT2D eigenvalue weighted by molar-refractivity contribution is 0.0743. The summed E-state index contributed by atoms with van der Waals surface area (Å²) in [4.78, 5) is 14.5. The van der Waals surface area contributed by atoms with Crippen LogP contribution in [0.4, 0.5) is 0 Å². The monoisotopic (exact) mass is 371 g/mol. The SMILES string of the molecule is C=C1CCN(C(=O)c2ccc(OCc3ccc(Cl)cc3)c(OC)c2)CC1. The number of methoxy groups -OCH3 is 1. The number of ether oxygens (including phenoxy) is 2. The third-order valence-corrected chi connectivity index (χ3v) is 4.73. The molecule has 1 aliphatic rings. The largest absolute Gasteiger partial charge is 0.493 e. The van der Waals surface area contributed by atoms with E-state index in [1.807, 2.05) is 29.2 Å². The summed E-state index contributed by atoms with van der Waals surface area (Å²) in [5.41, 5.74) is 2.82. The number of nitrogens with zero attached hydrogens (tertiary/aromatic N) is 1. The molecular formula is C21H22ClNO3. The summed E-state index contributed by atoms with van der Waals surface area (Å²) >= 11 is 5.89. The zero-order valence-electron chi connectivity index (χ0n) is 14.8. The van der Waals surface area contributed by atoms with Crippen molar-refractivity contribution in [1.82, 2.24) is 4.90 Å². The first-order valence-corrected chi connectivity index (χ1v) is 8.96. The Bertz CT molecular complexity index is 791. The molecule has 1 aliphatic heterocycles. The van der Waals surface area contributed by atoms with Crippen LogP contribution in [-0.2, 0) is 6.61 Å². The molecule has 0 aliphatic carbocycles. The molecule has 0 saturated carbocycles. The molecule has 2 aromatic rings. The molecule has 5 heteroatoms. The van der Waals surface area contributed by atoms with Crippen molar-refractivity contribution in [3.63, 3.8) is 0 Å². The van der Waals surface area contributed by atoms with Gasteiger partial charge in [-0.25, -0.2) is 0 Å². The Hall–Kier alpha value is -2.46. The highest BCUT2D eigenvalue weighted by Gasteiger charge is 2.20. The predicted octanol–water partition coefficient (Wildman–Crippen LogP) is 4.72. The van der Waals surface area contributed by atoms with Gasteiger partial charge in [-0.2, -0.15) is 0 Å². The fourth-order valence-electron chi connectivity index (χ4n) is 2.87. The molecule has 0 N–H and O–H groups in total. The molecule has 2 aromatic carbocycles. The van der Waals surface area contributed by atoms with E-state index < -0.39 is 0 Å². The highest BCUT2D eigenvalue weighted by Crippen LogP contribution is 2.30. The maximum Gasteiger partial charge on any atom is 0.254 e. The predicted molar refractivity (Wildman–Crippen MR) is 103 cm³/mol. The average molecular weight is 372 g/mol. The zero-order valence-corrected chi connectivity index (χ0v) is 15.6. The van der Waals surface area contributed by atoms with Gasteiger partial charge in [0.25, 0.3) is 5.91 Å². The van der Waals surface area contributed by atoms with Crippen molar-refractivity contribution in [2.75, 3.05) is 20.2 Å². The first-order valence-electron chi connectivity index (χ1n) is 8.58. The molecule has 136 valence electrons. The van der Waals surface area contributed by atoms with Crippen LogP contribution in [0.3, 0.4) is 0 Å². The number of carbonyl (C=O) groups is 1. The topological polar surface area (TPSA) is 38.8 Å². The van der Waals surface area contributed by atoms with Crippen LogP contribution in [-0.4, -0.2) is 31.0 Å². The summed E-state index contributed by atoms with van der Waals surface area (Å²) in [6.45, 7) is 5.82. The van der Waals surface area contributed by atoms with Crippen LogP contribution < -0.4 is 9.47 Å². The molecule has 0 spiro atoms. The number of benzene rings is 2. The van der Waals surface area contributed by atoms with E-state index in [2.05, 4.69) is 6.58 Å². The second-order valence-corrected chi connectivity index (χ2v) is 6.76. The number of amides is 1. The van der Waals surface area contributed by atoms with Crippen LogP contribution in [0, 0.1) is 0 Å². The van der Waals surface area contributed by atoms with E-state index in [-0.39, 0.29) is 5.91 Å². The Morgan fingerprint density at radius 3 is 2.46 bits per heavy atom. The first kappa shape index (κ1) is 18.3. The first-order chi connectivity index (χ1) is 12.6. The molecule has 0 unspecified atom stereocenters. The number of hydrogen-bond acceptors (Lipinski definition) is 3. The van der Waals surface area contributed by atoms with Gasteiger partial charge in [0.1, 0.15) is 6.61 Å². The van der Waals surface area contributed by atoms with Crippen molar-refractivity contribution in [1.29, 1.82) is 0 Å². The second kappa shape index (κ2) is 8.28. The third kappa shape index (κ3) is 4.38. The molecule has 0 bridgehead atoms. The average Bonchev–Trinajstić information content (AvgIpc) is 2.67. The van der Waals surface area contributed by atoms with E-state index in [0.29, 0.717) is 28.7 Å². The van der Waals surface area contributed by atoms with Crippen LogP contribution in [0.2, 0.25) is 5.02 Å². The summed E-state index contributed by atoms with van der Waals surface area (Å²) in [6.07, 6.45) is 1.73. The number of piperidine rings is 1. The van der Waals surface area contributed by atoms with E-state index >= 15 is 0 Å². The molecule has 4 nitrogen and oxygen atoms in total. The molecule has 3 rings (SSSR count). The summed E-state index contributed by atoms with van der Waals surface area (Å²) in [5, 5.41) is 0.690. The van der Waals surface area contributed by atoms with E-state index in [0.717, 1.165) is 31.5 Å². The Balaban J connectivity index is 1.69. The van der Waals surface area contributed by atoms with Crippen molar-refractivity contribution < 1.29 is 14.3 Å². The summed E-state index contributed by atoms with van der Waals surface area (Å²) in [6, 6.07) is 12.8. The van der Waals surface area contributed by atoms with Crippen LogP contribution in [0.1, 0.15) is 28.8 Å². The van der Waals surface area contributed by atoms with E-state index in [1.165, 1.54) is 5.57 Å². The lowest BCUT2D eigenvalue weighted by Gasteiger charge is -2.28. The van der Waals surface area contributed by atoms with E-state index in [4.69, 9.17) is 21.1 Å². The van der Waals surface area contributed by atoms with Gasteiger partial charge in [-0.05, 0) is 48.7 Å². The fourth-order valence-corrected chi connectivity index (χ4v) is 3.00. The van der Waals surface area contributed by atoms with Crippen LogP contribution in [0.15, 0.2) is 54.6 Å². The minimum atomic E-state index is 0.0139. The van der Waals surface area contributed by atoms with Crippen molar-refractivity contribution in [3.8, 4) is 11.5 Å². The molecule has 1 fully saturated rings. The molecular weight excluding hydrogens is 350 g/mol. The van der Waals surface area contributed by atoms with E-state index in [9.17, 15) is 4.79 Å². The molecule has 1 heterocycles. The zero-order chi connectivity index (χ0) is 18.5. The van der Waals surface area contributed by atoms with Gasteiger partial charge in [0.2, 0.25) is 0 Å². The minimum Gasteiger partial charge on any atom is -0.493 e. The number of likely N-dealkylation sites (tertiary alicyclic amines) is 1. The van der Waals surface area contributed by atoms with Gasteiger partial charge in [0.15, 0.2) is 11.5 Å². The molecule has 0 aromatic heterocycles. The Kier molecular flexibility index (Phi) is 5.84. The number of carbonyl (C=O) groups excluding carboxylic acids is 1. The quantitative estimate of drug-likeness (QED) is 0.714. The van der Waals surface area contributed by atoms with Crippen LogP contribution >= 0.6 is 11.6 Å². The van der Waals surface area contributed by atoms with Crippen LogP contribution in [0.5, 0.6) is 11.5 Å². The normalized spacial score (nSPS) is 14.2. The lowest BCUT2D eigenvalue weighted by atomic mass is 10.0.